The van der Waals surface area contributed by atoms with Crippen molar-refractivity contribution >= 4 is 20.5 Å². The standard InChI is InChI=1S/C40H66N2O6Si/c1-7-8-9-10-11-12-13-14-15-16-17-18-25-30-37(48-49(5,6)40(2,3)4)36(31-43)42(39(45)47-33-35-28-23-20-24-29-35)41-38(44)46-32-34-26-21-19-22-27-34/h19-24,26-29,36-37,43H,7-18,25,30-33H2,1-6H3,(H,41,44)/t36-,37+/m0/s1. The van der Waals surface area contributed by atoms with Crippen LogP contribution in [0.2, 0.25) is 18.1 Å². The van der Waals surface area contributed by atoms with Crippen molar-refractivity contribution in [1.82, 2.24) is 10.4 Å². The number of carbonyl (C=O) groups is 2. The van der Waals surface area contributed by atoms with E-state index in [1.54, 1.807) is 0 Å². The monoisotopic (exact) mass is 698 g/mol. The van der Waals surface area contributed by atoms with Crippen LogP contribution < -0.4 is 5.43 Å². The third-order valence-corrected chi connectivity index (χ3v) is 14.1. The molecule has 0 saturated heterocycles. The topological polar surface area (TPSA) is 97.3 Å². The number of hydrogen-bond acceptors (Lipinski definition) is 6. The van der Waals surface area contributed by atoms with Crippen LogP contribution in [-0.4, -0.2) is 49.4 Å². The first-order chi connectivity index (χ1) is 23.5. The van der Waals surface area contributed by atoms with Gasteiger partial charge in [0.2, 0.25) is 0 Å². The van der Waals surface area contributed by atoms with Crippen molar-refractivity contribution in [3.63, 3.8) is 0 Å². The van der Waals surface area contributed by atoms with Gasteiger partial charge in [0.05, 0.1) is 12.7 Å². The molecule has 2 aromatic carbocycles. The Morgan fingerprint density at radius 2 is 1.18 bits per heavy atom. The van der Waals surface area contributed by atoms with Crippen LogP contribution in [0.3, 0.4) is 0 Å². The van der Waals surface area contributed by atoms with E-state index in [1.807, 2.05) is 60.7 Å². The number of amides is 2. The highest BCUT2D eigenvalue weighted by Crippen LogP contribution is 2.38. The first-order valence-corrected chi connectivity index (χ1v) is 21.6. The van der Waals surface area contributed by atoms with E-state index in [1.165, 1.54) is 64.2 Å². The van der Waals surface area contributed by atoms with E-state index in [0.717, 1.165) is 35.4 Å². The number of nitrogens with zero attached hydrogens (tertiary/aromatic N) is 1. The van der Waals surface area contributed by atoms with E-state index in [9.17, 15) is 14.7 Å². The Kier molecular flexibility index (Phi) is 20.3. The lowest BCUT2D eigenvalue weighted by Crippen LogP contribution is -2.60. The molecule has 2 amide bonds. The second-order valence-electron chi connectivity index (χ2n) is 14.8. The molecule has 0 aromatic heterocycles. The molecule has 0 heterocycles. The zero-order valence-electron chi connectivity index (χ0n) is 31.4. The summed E-state index contributed by atoms with van der Waals surface area (Å²) in [5, 5.41) is 11.8. The summed E-state index contributed by atoms with van der Waals surface area (Å²) in [5.74, 6) is 0. The zero-order chi connectivity index (χ0) is 36.0. The molecule has 2 rings (SSSR count). The number of aliphatic hydroxyl groups excluding tert-OH is 1. The van der Waals surface area contributed by atoms with Crippen molar-refractivity contribution in [2.45, 2.75) is 161 Å². The normalized spacial score (nSPS) is 13.0. The molecule has 0 spiro atoms. The largest absolute Gasteiger partial charge is 0.443 e. The summed E-state index contributed by atoms with van der Waals surface area (Å²) in [6.45, 7) is 12.7. The quantitative estimate of drug-likeness (QED) is 0.0681. The van der Waals surface area contributed by atoms with Crippen LogP contribution in [0.1, 0.15) is 129 Å². The molecule has 0 radical (unpaired) electrons. The Balaban J connectivity index is 2.09. The maximum Gasteiger partial charge on any atom is 0.429 e. The summed E-state index contributed by atoms with van der Waals surface area (Å²) in [6, 6.07) is 17.8. The lowest BCUT2D eigenvalue weighted by atomic mass is 10.0. The van der Waals surface area contributed by atoms with Crippen LogP contribution in [0.4, 0.5) is 9.59 Å². The van der Waals surface area contributed by atoms with E-state index in [2.05, 4.69) is 46.2 Å². The first-order valence-electron chi connectivity index (χ1n) is 18.7. The zero-order valence-corrected chi connectivity index (χ0v) is 32.4. The fraction of sp³-hybridized carbons (Fsp3) is 0.650. The molecule has 8 nitrogen and oxygen atoms in total. The Hall–Kier alpha value is -2.88. The molecule has 0 saturated carbocycles. The summed E-state index contributed by atoms with van der Waals surface area (Å²) in [5.41, 5.74) is 4.23. The third-order valence-electron chi connectivity index (χ3n) is 9.62. The van der Waals surface area contributed by atoms with Crippen molar-refractivity contribution in [3.8, 4) is 0 Å². The maximum absolute atomic E-state index is 13.7. The van der Waals surface area contributed by atoms with E-state index in [-0.39, 0.29) is 18.3 Å². The molecule has 0 aliphatic heterocycles. The molecular formula is C40H66N2O6Si. The van der Waals surface area contributed by atoms with Gasteiger partial charge in [0.15, 0.2) is 8.32 Å². The predicted molar refractivity (Wildman–Crippen MR) is 201 cm³/mol. The number of unbranched alkanes of at least 4 members (excludes halogenated alkanes) is 12. The Labute approximate surface area is 298 Å². The van der Waals surface area contributed by atoms with Gasteiger partial charge < -0.3 is 19.0 Å². The molecule has 2 N–H and O–H groups in total. The molecule has 0 aliphatic carbocycles. The Morgan fingerprint density at radius 3 is 1.63 bits per heavy atom. The summed E-state index contributed by atoms with van der Waals surface area (Å²) >= 11 is 0. The SMILES string of the molecule is CCCCCCCCCCCCCCC[C@@H](O[Si](C)(C)C(C)(C)C)[C@H](CO)N(NC(=O)OCc1ccccc1)C(=O)OCc1ccccc1. The van der Waals surface area contributed by atoms with Crippen LogP contribution in [0, 0.1) is 0 Å². The van der Waals surface area contributed by atoms with Crippen molar-refractivity contribution in [2.75, 3.05) is 6.61 Å². The second-order valence-corrected chi connectivity index (χ2v) is 19.5. The van der Waals surface area contributed by atoms with E-state index < -0.39 is 39.3 Å². The molecule has 2 aromatic rings. The smallest absolute Gasteiger partial charge is 0.429 e. The Bertz CT molecular complexity index is 1160. The van der Waals surface area contributed by atoms with E-state index >= 15 is 0 Å². The van der Waals surface area contributed by atoms with Gasteiger partial charge in [-0.15, -0.1) is 0 Å². The Morgan fingerprint density at radius 1 is 0.735 bits per heavy atom. The minimum atomic E-state index is -2.34. The van der Waals surface area contributed by atoms with Gasteiger partial charge in [0.25, 0.3) is 0 Å². The van der Waals surface area contributed by atoms with Crippen LogP contribution in [0.15, 0.2) is 60.7 Å². The molecule has 0 unspecified atom stereocenters. The van der Waals surface area contributed by atoms with Crippen molar-refractivity contribution in [3.05, 3.63) is 71.8 Å². The highest BCUT2D eigenvalue weighted by atomic mass is 28.4. The summed E-state index contributed by atoms with van der Waals surface area (Å²) in [4.78, 5) is 26.7. The van der Waals surface area contributed by atoms with Crippen LogP contribution >= 0.6 is 0 Å². The number of ether oxygens (including phenoxy) is 2. The number of aliphatic hydroxyl groups is 1. The molecule has 2 atom stereocenters. The number of nitrogens with one attached hydrogen (secondary N) is 1. The molecule has 0 bridgehead atoms. The average molecular weight is 699 g/mol. The van der Waals surface area contributed by atoms with Gasteiger partial charge in [0.1, 0.15) is 19.3 Å². The average Bonchev–Trinajstić information content (AvgIpc) is 3.08. The lowest BCUT2D eigenvalue weighted by Gasteiger charge is -2.43. The van der Waals surface area contributed by atoms with Crippen LogP contribution in [-0.2, 0) is 27.1 Å². The highest BCUT2D eigenvalue weighted by molar-refractivity contribution is 6.74. The van der Waals surface area contributed by atoms with E-state index in [4.69, 9.17) is 13.9 Å². The number of rotatable bonds is 23. The molecule has 9 heteroatoms. The van der Waals surface area contributed by atoms with Gasteiger partial charge in [-0.25, -0.2) is 20.0 Å². The number of carbonyl (C=O) groups excluding carboxylic acids is 2. The molecule has 0 fully saturated rings. The van der Waals surface area contributed by atoms with Gasteiger partial charge in [-0.3, -0.25) is 0 Å². The molecule has 0 aliphatic rings. The number of benzene rings is 2. The van der Waals surface area contributed by atoms with Crippen molar-refractivity contribution in [1.29, 1.82) is 0 Å². The second kappa shape index (κ2) is 23.5. The van der Waals surface area contributed by atoms with Gasteiger partial charge in [0, 0.05) is 0 Å². The van der Waals surface area contributed by atoms with Gasteiger partial charge in [-0.1, -0.05) is 172 Å². The van der Waals surface area contributed by atoms with Gasteiger partial charge in [-0.2, -0.15) is 0 Å². The maximum atomic E-state index is 13.7. The molecule has 49 heavy (non-hydrogen) atoms. The fourth-order valence-corrected chi connectivity index (χ4v) is 6.91. The van der Waals surface area contributed by atoms with Gasteiger partial charge >= 0.3 is 12.2 Å². The highest BCUT2D eigenvalue weighted by Gasteiger charge is 2.43. The minimum absolute atomic E-state index is 0.0156. The van der Waals surface area contributed by atoms with E-state index in [0.29, 0.717) is 6.42 Å². The van der Waals surface area contributed by atoms with Crippen LogP contribution in [0.5, 0.6) is 0 Å². The van der Waals surface area contributed by atoms with Crippen molar-refractivity contribution < 1.29 is 28.6 Å². The predicted octanol–water partition coefficient (Wildman–Crippen LogP) is 10.7. The molecule has 276 valence electrons. The first kappa shape index (κ1) is 42.3. The summed E-state index contributed by atoms with van der Waals surface area (Å²) in [7, 11) is -2.34. The van der Waals surface area contributed by atoms with Crippen molar-refractivity contribution in [2.24, 2.45) is 0 Å². The third kappa shape index (κ3) is 17.1. The van der Waals surface area contributed by atoms with Crippen LogP contribution in [0.25, 0.3) is 0 Å². The minimum Gasteiger partial charge on any atom is -0.443 e. The number of hydrazine groups is 1. The summed E-state index contributed by atoms with van der Waals surface area (Å²) in [6.07, 6.45) is 14.8. The van der Waals surface area contributed by atoms with Gasteiger partial charge in [-0.05, 0) is 35.7 Å². The summed E-state index contributed by atoms with van der Waals surface area (Å²) < 4.78 is 18.0. The fourth-order valence-electron chi connectivity index (χ4n) is 5.52. The molecular weight excluding hydrogens is 633 g/mol. The lowest BCUT2D eigenvalue weighted by molar-refractivity contribution is -0.0140. The number of hydrogen-bond donors (Lipinski definition) is 2.